The molecule has 0 aliphatic heterocycles. The Labute approximate surface area is 434 Å². The summed E-state index contributed by atoms with van der Waals surface area (Å²) in [4.78, 5) is 0. The first-order chi connectivity index (χ1) is 34.6. The Bertz CT molecular complexity index is 2890. The highest BCUT2D eigenvalue weighted by molar-refractivity contribution is 7.29. The Hall–Kier alpha value is -3.82. The van der Waals surface area contributed by atoms with Crippen LogP contribution in [0.2, 0.25) is 0 Å². The zero-order valence-electron chi connectivity index (χ0n) is 42.8. The average molecular weight is 1020 g/mol. The van der Waals surface area contributed by atoms with Gasteiger partial charge in [-0.1, -0.05) is 156 Å². The second-order valence-electron chi connectivity index (χ2n) is 19.9. The van der Waals surface area contributed by atoms with Crippen molar-refractivity contribution >= 4 is 127 Å². The van der Waals surface area contributed by atoms with E-state index >= 15 is 0 Å². The summed E-state index contributed by atoms with van der Waals surface area (Å²) in [5.41, 5.74) is 0. The standard InChI is InChI=1S/C62H78O4S4/c1-5-9-13-17-21-25-33-63-49-39-45-47(41-51(49)65-35-27-23-19-15-11-7-3)61-55(43-31-37-67-59(43)45)57-53(69-61)29-30-54-58(57)56-44-32-38-68-60(44)46-40-50(64-34-26-22-18-14-10-6-2)52(42-48(46)62(56)70-54)66-36-28-24-20-16-12-8-4/h29-32,37-42H,5-28,33-36H2,1-4H3. The Morgan fingerprint density at radius 1 is 0.300 bits per heavy atom. The van der Waals surface area contributed by atoms with Crippen molar-refractivity contribution in [2.24, 2.45) is 0 Å². The number of hydrogen-bond donors (Lipinski definition) is 0. The van der Waals surface area contributed by atoms with Crippen molar-refractivity contribution in [1.29, 1.82) is 0 Å². The first-order valence-electron chi connectivity index (χ1n) is 27.7. The normalized spacial score (nSPS) is 12.2. The third kappa shape index (κ3) is 11.5. The summed E-state index contributed by atoms with van der Waals surface area (Å²) in [6, 6.07) is 18.9. The molecule has 0 N–H and O–H groups in total. The fourth-order valence-electron chi connectivity index (χ4n) is 10.7. The molecule has 5 aromatic carbocycles. The van der Waals surface area contributed by atoms with E-state index in [1.54, 1.807) is 0 Å². The van der Waals surface area contributed by atoms with E-state index in [0.29, 0.717) is 13.2 Å². The molecule has 9 aromatic rings. The van der Waals surface area contributed by atoms with E-state index in [1.807, 2.05) is 45.3 Å². The highest BCUT2D eigenvalue weighted by Crippen LogP contribution is 2.54. The van der Waals surface area contributed by atoms with Crippen LogP contribution >= 0.6 is 45.3 Å². The number of benzene rings is 5. The van der Waals surface area contributed by atoms with E-state index in [4.69, 9.17) is 18.9 Å². The summed E-state index contributed by atoms with van der Waals surface area (Å²) >= 11 is 7.61. The molecular formula is C62H78O4S4. The molecule has 374 valence electrons. The number of rotatable bonds is 32. The first-order valence-corrected chi connectivity index (χ1v) is 31.1. The van der Waals surface area contributed by atoms with Crippen LogP contribution in [-0.2, 0) is 0 Å². The smallest absolute Gasteiger partial charge is 0.161 e. The quantitative estimate of drug-likeness (QED) is 0.0394. The van der Waals surface area contributed by atoms with Crippen LogP contribution in [0.4, 0.5) is 0 Å². The molecule has 0 atom stereocenters. The van der Waals surface area contributed by atoms with Gasteiger partial charge in [0, 0.05) is 82.1 Å². The van der Waals surface area contributed by atoms with Crippen molar-refractivity contribution in [2.75, 3.05) is 26.4 Å². The maximum absolute atomic E-state index is 6.75. The molecule has 70 heavy (non-hydrogen) atoms. The lowest BCUT2D eigenvalue weighted by atomic mass is 9.97. The summed E-state index contributed by atoms with van der Waals surface area (Å²) in [6.45, 7) is 12.0. The number of unbranched alkanes of at least 4 members (excludes halogenated alkanes) is 20. The molecule has 0 fully saturated rings. The van der Waals surface area contributed by atoms with Crippen LogP contribution in [0.1, 0.15) is 182 Å². The third-order valence-electron chi connectivity index (χ3n) is 14.5. The maximum Gasteiger partial charge on any atom is 0.161 e. The van der Waals surface area contributed by atoms with Gasteiger partial charge in [-0.2, -0.15) is 0 Å². The van der Waals surface area contributed by atoms with Gasteiger partial charge in [-0.25, -0.2) is 0 Å². The van der Waals surface area contributed by atoms with Crippen molar-refractivity contribution in [3.8, 4) is 23.0 Å². The van der Waals surface area contributed by atoms with Gasteiger partial charge in [-0.05, 0) is 85.0 Å². The van der Waals surface area contributed by atoms with Gasteiger partial charge in [0.05, 0.1) is 26.4 Å². The minimum Gasteiger partial charge on any atom is -0.490 e. The van der Waals surface area contributed by atoms with Gasteiger partial charge in [-0.3, -0.25) is 0 Å². The predicted molar refractivity (Wildman–Crippen MR) is 313 cm³/mol. The van der Waals surface area contributed by atoms with Crippen LogP contribution in [0.5, 0.6) is 23.0 Å². The number of fused-ring (bicyclic) bond motifs is 17. The Morgan fingerprint density at radius 2 is 0.586 bits per heavy atom. The second-order valence-corrected chi connectivity index (χ2v) is 23.8. The number of thiophene rings is 4. The summed E-state index contributed by atoms with van der Waals surface area (Å²) in [5.74, 6) is 3.58. The van der Waals surface area contributed by atoms with Crippen LogP contribution < -0.4 is 18.9 Å². The van der Waals surface area contributed by atoms with Crippen molar-refractivity contribution in [2.45, 2.75) is 182 Å². The summed E-state index contributed by atoms with van der Waals surface area (Å²) < 4.78 is 34.9. The van der Waals surface area contributed by atoms with Crippen LogP contribution in [0.25, 0.3) is 82.1 Å². The molecule has 8 heteroatoms. The molecular weight excluding hydrogens is 937 g/mol. The molecule has 0 saturated heterocycles. The Morgan fingerprint density at radius 3 is 0.900 bits per heavy atom. The zero-order chi connectivity index (χ0) is 48.1. The van der Waals surface area contributed by atoms with Gasteiger partial charge in [0.15, 0.2) is 23.0 Å². The van der Waals surface area contributed by atoms with Gasteiger partial charge in [0.1, 0.15) is 0 Å². The molecule has 4 heterocycles. The third-order valence-corrected chi connectivity index (χ3v) is 18.8. The molecule has 4 nitrogen and oxygen atoms in total. The van der Waals surface area contributed by atoms with Crippen LogP contribution in [0, 0.1) is 0 Å². The summed E-state index contributed by atoms with van der Waals surface area (Å²) in [6.07, 6.45) is 29.8. The van der Waals surface area contributed by atoms with Gasteiger partial charge in [-0.15, -0.1) is 45.3 Å². The molecule has 0 radical (unpaired) electrons. The molecule has 0 spiro atoms. The Kier molecular flexibility index (Phi) is 18.8. The largest absolute Gasteiger partial charge is 0.490 e. The minimum atomic E-state index is 0.715. The molecule has 4 aromatic heterocycles. The van der Waals surface area contributed by atoms with E-state index in [-0.39, 0.29) is 0 Å². The molecule has 0 aliphatic rings. The van der Waals surface area contributed by atoms with Gasteiger partial charge >= 0.3 is 0 Å². The van der Waals surface area contributed by atoms with Crippen LogP contribution in [0.3, 0.4) is 0 Å². The minimum absolute atomic E-state index is 0.715. The summed E-state index contributed by atoms with van der Waals surface area (Å²) in [7, 11) is 0. The van der Waals surface area contributed by atoms with Crippen molar-refractivity contribution < 1.29 is 18.9 Å². The lowest BCUT2D eigenvalue weighted by Crippen LogP contribution is -2.03. The highest BCUT2D eigenvalue weighted by Gasteiger charge is 2.24. The van der Waals surface area contributed by atoms with E-state index < -0.39 is 0 Å². The SMILES string of the molecule is CCCCCCCCOc1cc2c(cc1OCCCCCCCC)c1sc3ccc4sc5c6cc(OCCCCCCCC)c(OCCCCCCCC)cc6c6sccc6c5c4c3c1c1ccsc21. The lowest BCUT2D eigenvalue weighted by molar-refractivity contribution is 0.259. The maximum atomic E-state index is 6.75. The van der Waals surface area contributed by atoms with Crippen molar-refractivity contribution in [3.05, 3.63) is 59.3 Å². The first kappa shape index (κ1) is 51.1. The van der Waals surface area contributed by atoms with Crippen LogP contribution in [-0.4, -0.2) is 26.4 Å². The number of ether oxygens (including phenoxy) is 4. The number of hydrogen-bond acceptors (Lipinski definition) is 8. The second kappa shape index (κ2) is 25.7. The zero-order valence-corrected chi connectivity index (χ0v) is 46.1. The molecule has 0 unspecified atom stereocenters. The van der Waals surface area contributed by atoms with Gasteiger partial charge < -0.3 is 18.9 Å². The fourth-order valence-corrected chi connectivity index (χ4v) is 15.1. The molecule has 0 amide bonds. The van der Waals surface area contributed by atoms with E-state index in [9.17, 15) is 0 Å². The van der Waals surface area contributed by atoms with Crippen molar-refractivity contribution in [3.63, 3.8) is 0 Å². The van der Waals surface area contributed by atoms with Crippen molar-refractivity contribution in [1.82, 2.24) is 0 Å². The predicted octanol–water partition coefficient (Wildman–Crippen LogP) is 22.1. The molecule has 0 aliphatic carbocycles. The fraction of sp³-hybridized carbons (Fsp3) is 0.516. The van der Waals surface area contributed by atoms with E-state index in [1.165, 1.54) is 210 Å². The van der Waals surface area contributed by atoms with Crippen LogP contribution in [0.15, 0.2) is 59.3 Å². The highest BCUT2D eigenvalue weighted by atomic mass is 32.1. The molecule has 0 saturated carbocycles. The van der Waals surface area contributed by atoms with Gasteiger partial charge in [0.25, 0.3) is 0 Å². The lowest BCUT2D eigenvalue weighted by Gasteiger charge is -2.16. The monoisotopic (exact) mass is 1010 g/mol. The summed E-state index contributed by atoms with van der Waals surface area (Å²) in [5, 5.41) is 17.9. The van der Waals surface area contributed by atoms with E-state index in [0.717, 1.165) is 61.9 Å². The van der Waals surface area contributed by atoms with Gasteiger partial charge in [0.2, 0.25) is 0 Å². The molecule has 0 bridgehead atoms. The topological polar surface area (TPSA) is 36.9 Å². The average Bonchev–Trinajstić information content (AvgIpc) is 4.21. The van der Waals surface area contributed by atoms with E-state index in [2.05, 4.69) is 87.0 Å². The molecule has 9 rings (SSSR count). The Balaban J connectivity index is 1.14.